The Bertz CT molecular complexity index is 1350. The summed E-state index contributed by atoms with van der Waals surface area (Å²) in [6.07, 6.45) is -0.179. The van der Waals surface area contributed by atoms with Gasteiger partial charge in [0.15, 0.2) is 17.5 Å². The molecule has 3 atom stereocenters. The Morgan fingerprint density at radius 1 is 0.878 bits per heavy atom. The lowest BCUT2D eigenvalue weighted by molar-refractivity contribution is -0.155. The van der Waals surface area contributed by atoms with Crippen LogP contribution in [0.3, 0.4) is 0 Å². The molecule has 1 heterocycles. The van der Waals surface area contributed by atoms with Gasteiger partial charge in [-0.05, 0) is 37.6 Å². The number of ether oxygens (including phenoxy) is 4. The van der Waals surface area contributed by atoms with E-state index in [2.05, 4.69) is 10.3 Å². The third-order valence-electron chi connectivity index (χ3n) is 5.82. The van der Waals surface area contributed by atoms with Crippen molar-refractivity contribution in [2.45, 2.75) is 45.9 Å². The maximum absolute atomic E-state index is 13.1. The number of nitrogens with zero attached hydrogens (tertiary/aromatic N) is 1. The maximum Gasteiger partial charge on any atom is 0.328 e. The van der Waals surface area contributed by atoms with E-state index in [4.69, 9.17) is 24.7 Å². The first-order chi connectivity index (χ1) is 19.6. The minimum atomic E-state index is -1.12. The monoisotopic (exact) mass is 563 g/mol. The predicted molar refractivity (Wildman–Crippen MR) is 148 cm³/mol. The molecular formula is C30H33N3O8. The fraction of sp³-hybridized carbons (Fsp3) is 0.300. The Balaban J connectivity index is 1.72. The van der Waals surface area contributed by atoms with E-state index >= 15 is 0 Å². The van der Waals surface area contributed by atoms with Gasteiger partial charge in [0.05, 0.1) is 11.5 Å². The Morgan fingerprint density at radius 3 is 2.12 bits per heavy atom. The van der Waals surface area contributed by atoms with Crippen molar-refractivity contribution in [3.63, 3.8) is 0 Å². The van der Waals surface area contributed by atoms with Gasteiger partial charge >= 0.3 is 11.9 Å². The van der Waals surface area contributed by atoms with E-state index in [1.165, 1.54) is 19.2 Å². The topological polar surface area (TPSA) is 156 Å². The SMILES string of the molecule is CC(C)C(=O)OCOc1c(C(N)=O)ccnc1C(=O)N[C@@H](C)C(=O)OC(C)C(Oc1ccccc1)c1ccccc1. The molecule has 3 aromatic rings. The summed E-state index contributed by atoms with van der Waals surface area (Å²) in [7, 11) is 0. The van der Waals surface area contributed by atoms with Crippen LogP contribution in [0, 0.1) is 5.92 Å². The van der Waals surface area contributed by atoms with Gasteiger partial charge in [-0.3, -0.25) is 14.4 Å². The average molecular weight is 564 g/mol. The van der Waals surface area contributed by atoms with Crippen molar-refractivity contribution in [2.24, 2.45) is 11.7 Å². The number of nitrogens with one attached hydrogen (secondary N) is 1. The molecule has 0 radical (unpaired) electrons. The van der Waals surface area contributed by atoms with Crippen LogP contribution in [0.15, 0.2) is 72.9 Å². The average Bonchev–Trinajstić information content (AvgIpc) is 2.96. The van der Waals surface area contributed by atoms with Gasteiger partial charge in [0.1, 0.15) is 17.9 Å². The summed E-state index contributed by atoms with van der Waals surface area (Å²) in [6.45, 7) is 5.82. The summed E-state index contributed by atoms with van der Waals surface area (Å²) < 4.78 is 22.2. The van der Waals surface area contributed by atoms with Gasteiger partial charge in [-0.25, -0.2) is 9.78 Å². The molecule has 0 aliphatic rings. The zero-order chi connectivity index (χ0) is 29.9. The molecule has 0 aliphatic heterocycles. The maximum atomic E-state index is 13.1. The smallest absolute Gasteiger partial charge is 0.328 e. The number of hydrogen-bond donors (Lipinski definition) is 2. The molecule has 3 rings (SSSR count). The molecule has 0 saturated carbocycles. The molecule has 2 amide bonds. The number of esters is 2. The van der Waals surface area contributed by atoms with Gasteiger partial charge in [0.25, 0.3) is 11.8 Å². The number of pyridine rings is 1. The molecule has 0 saturated heterocycles. The summed E-state index contributed by atoms with van der Waals surface area (Å²) in [5.74, 6) is -3.12. The summed E-state index contributed by atoms with van der Waals surface area (Å²) in [5.41, 5.74) is 5.74. The molecule has 2 unspecified atom stereocenters. The molecule has 0 bridgehead atoms. The van der Waals surface area contributed by atoms with Crippen molar-refractivity contribution in [1.82, 2.24) is 10.3 Å². The largest absolute Gasteiger partial charge is 0.482 e. The molecule has 3 N–H and O–H groups in total. The van der Waals surface area contributed by atoms with Crippen LogP contribution in [0.1, 0.15) is 60.2 Å². The summed E-state index contributed by atoms with van der Waals surface area (Å²) in [6, 6.07) is 18.5. The van der Waals surface area contributed by atoms with Gasteiger partial charge in [0.2, 0.25) is 6.79 Å². The highest BCUT2D eigenvalue weighted by atomic mass is 16.7. The minimum Gasteiger partial charge on any atom is -0.482 e. The lowest BCUT2D eigenvalue weighted by atomic mass is 10.0. The van der Waals surface area contributed by atoms with Crippen LogP contribution >= 0.6 is 0 Å². The van der Waals surface area contributed by atoms with E-state index in [0.717, 1.165) is 5.56 Å². The van der Waals surface area contributed by atoms with Crippen LogP contribution in [-0.2, 0) is 19.1 Å². The summed E-state index contributed by atoms with van der Waals surface area (Å²) >= 11 is 0. The van der Waals surface area contributed by atoms with Crippen LogP contribution < -0.4 is 20.5 Å². The van der Waals surface area contributed by atoms with Crippen molar-refractivity contribution in [3.8, 4) is 11.5 Å². The van der Waals surface area contributed by atoms with Crippen LogP contribution in [0.25, 0.3) is 0 Å². The Hall–Kier alpha value is -4.93. The molecule has 2 aromatic carbocycles. The van der Waals surface area contributed by atoms with Crippen LogP contribution in [0.4, 0.5) is 0 Å². The van der Waals surface area contributed by atoms with E-state index in [-0.39, 0.29) is 17.0 Å². The van der Waals surface area contributed by atoms with E-state index < -0.39 is 54.7 Å². The minimum absolute atomic E-state index is 0.154. The Labute approximate surface area is 237 Å². The number of primary amides is 1. The molecule has 216 valence electrons. The zero-order valence-corrected chi connectivity index (χ0v) is 23.2. The van der Waals surface area contributed by atoms with Crippen molar-refractivity contribution < 1.29 is 38.1 Å². The van der Waals surface area contributed by atoms with Crippen molar-refractivity contribution in [3.05, 3.63) is 89.7 Å². The molecule has 1 aromatic heterocycles. The second-order valence-corrected chi connectivity index (χ2v) is 9.38. The van der Waals surface area contributed by atoms with Crippen LogP contribution in [0.5, 0.6) is 11.5 Å². The van der Waals surface area contributed by atoms with Gasteiger partial charge in [-0.1, -0.05) is 62.4 Å². The zero-order valence-electron chi connectivity index (χ0n) is 23.2. The fourth-order valence-corrected chi connectivity index (χ4v) is 3.66. The highest BCUT2D eigenvalue weighted by Gasteiger charge is 2.29. The summed E-state index contributed by atoms with van der Waals surface area (Å²) in [4.78, 5) is 53.8. The number of aromatic nitrogens is 1. The molecule has 0 aliphatic carbocycles. The van der Waals surface area contributed by atoms with E-state index in [0.29, 0.717) is 5.75 Å². The molecule has 11 nitrogen and oxygen atoms in total. The first-order valence-corrected chi connectivity index (χ1v) is 12.9. The Kier molecular flexibility index (Phi) is 10.8. The van der Waals surface area contributed by atoms with Crippen LogP contribution in [-0.4, -0.2) is 47.7 Å². The van der Waals surface area contributed by atoms with Gasteiger partial charge < -0.3 is 30.0 Å². The predicted octanol–water partition coefficient (Wildman–Crippen LogP) is 3.59. The van der Waals surface area contributed by atoms with E-state index in [9.17, 15) is 19.2 Å². The quantitative estimate of drug-likeness (QED) is 0.234. The number of para-hydroxylation sites is 1. The highest BCUT2D eigenvalue weighted by Crippen LogP contribution is 2.27. The van der Waals surface area contributed by atoms with Crippen LogP contribution in [0.2, 0.25) is 0 Å². The first kappa shape index (κ1) is 30.6. The number of benzene rings is 2. The van der Waals surface area contributed by atoms with E-state index in [1.54, 1.807) is 32.9 Å². The summed E-state index contributed by atoms with van der Waals surface area (Å²) in [5, 5.41) is 2.50. The normalized spacial score (nSPS) is 12.9. The Morgan fingerprint density at radius 2 is 1.51 bits per heavy atom. The second-order valence-electron chi connectivity index (χ2n) is 9.38. The molecule has 0 fully saturated rings. The lowest BCUT2D eigenvalue weighted by Gasteiger charge is -2.27. The second kappa shape index (κ2) is 14.5. The highest BCUT2D eigenvalue weighted by molar-refractivity contribution is 6.03. The van der Waals surface area contributed by atoms with E-state index in [1.807, 2.05) is 48.5 Å². The number of rotatable bonds is 13. The molecule has 11 heteroatoms. The number of hydrogen-bond acceptors (Lipinski definition) is 9. The molecular weight excluding hydrogens is 530 g/mol. The fourth-order valence-electron chi connectivity index (χ4n) is 3.66. The van der Waals surface area contributed by atoms with Crippen molar-refractivity contribution >= 4 is 23.8 Å². The van der Waals surface area contributed by atoms with Gasteiger partial charge in [-0.2, -0.15) is 0 Å². The number of amides is 2. The molecule has 41 heavy (non-hydrogen) atoms. The number of carbonyl (C=O) groups is 4. The number of nitrogens with two attached hydrogens (primary N) is 1. The molecule has 0 spiro atoms. The van der Waals surface area contributed by atoms with Gasteiger partial charge in [0, 0.05) is 6.20 Å². The lowest BCUT2D eigenvalue weighted by Crippen LogP contribution is -2.42. The number of carbonyl (C=O) groups excluding carboxylic acids is 4. The third-order valence-corrected chi connectivity index (χ3v) is 5.82. The van der Waals surface area contributed by atoms with Crippen molar-refractivity contribution in [1.29, 1.82) is 0 Å². The van der Waals surface area contributed by atoms with Gasteiger partial charge in [-0.15, -0.1) is 0 Å². The van der Waals surface area contributed by atoms with Crippen molar-refractivity contribution in [2.75, 3.05) is 6.79 Å². The third kappa shape index (κ3) is 8.53. The standard InChI is InChI=1S/C30H33N3O8/c1-18(2)29(36)39-17-38-26-23(27(31)34)15-16-32-24(26)28(35)33-19(3)30(37)40-20(4)25(21-11-7-5-8-12-21)41-22-13-9-6-10-14-22/h5-16,18-20,25H,17H2,1-4H3,(H2,31,34)(H,33,35)/t19-,20?,25?/m0/s1. The first-order valence-electron chi connectivity index (χ1n) is 12.9.